The van der Waals surface area contributed by atoms with E-state index < -0.39 is 29.1 Å². The minimum absolute atomic E-state index is 0.200. The molecule has 1 aromatic rings. The van der Waals surface area contributed by atoms with Gasteiger partial charge in [0.05, 0.1) is 7.11 Å². The fraction of sp³-hybridized carbons (Fsp3) is 0.571. The van der Waals surface area contributed by atoms with Crippen molar-refractivity contribution in [3.05, 3.63) is 23.8 Å². The summed E-state index contributed by atoms with van der Waals surface area (Å²) in [7, 11) is 1.56. The maximum Gasteiger partial charge on any atom is 0.413 e. The van der Waals surface area contributed by atoms with E-state index in [1.807, 2.05) is 0 Å². The molecule has 1 aromatic carbocycles. The number of carbonyl (C=O) groups is 2. The van der Waals surface area contributed by atoms with E-state index in [0.717, 1.165) is 0 Å². The van der Waals surface area contributed by atoms with E-state index >= 15 is 0 Å². The standard InChI is InChI=1S/C21H29N5O5/c1-19(2,3)30-17(27)21(22-10-11-26(21)18(28)31-20(4,5)6)23-16-14-9-8-13(29-7)12-15(14)24-25-16/h8-9,12,22H,10-11H2,1-7H3. The fourth-order valence-electron chi connectivity index (χ4n) is 3.12. The van der Waals surface area contributed by atoms with Crippen LogP contribution in [0.25, 0.3) is 0 Å². The lowest BCUT2D eigenvalue weighted by molar-refractivity contribution is -0.168. The molecule has 1 N–H and O–H groups in total. The van der Waals surface area contributed by atoms with Crippen LogP contribution >= 0.6 is 0 Å². The molecule has 2 aliphatic heterocycles. The highest BCUT2D eigenvalue weighted by Crippen LogP contribution is 2.34. The lowest BCUT2D eigenvalue weighted by Crippen LogP contribution is -2.61. The molecule has 0 bridgehead atoms. The van der Waals surface area contributed by atoms with E-state index in [1.165, 1.54) is 4.90 Å². The van der Waals surface area contributed by atoms with Crippen LogP contribution in [0.15, 0.2) is 33.4 Å². The summed E-state index contributed by atoms with van der Waals surface area (Å²) in [5.41, 5.74) is -0.375. The Morgan fingerprint density at radius 2 is 1.77 bits per heavy atom. The number of hydrogen-bond donors (Lipinski definition) is 1. The zero-order valence-corrected chi connectivity index (χ0v) is 19.0. The molecule has 3 rings (SSSR count). The molecule has 0 radical (unpaired) electrons. The Balaban J connectivity index is 2.06. The van der Waals surface area contributed by atoms with Crippen LogP contribution in [0, 0.1) is 0 Å². The van der Waals surface area contributed by atoms with E-state index in [4.69, 9.17) is 14.2 Å². The lowest BCUT2D eigenvalue weighted by Gasteiger charge is -2.35. The predicted octanol–water partition coefficient (Wildman–Crippen LogP) is 3.37. The van der Waals surface area contributed by atoms with Crippen molar-refractivity contribution in [3.8, 4) is 5.75 Å². The molecule has 1 amide bonds. The number of aliphatic imine (C=N–C) groups is 1. The minimum Gasteiger partial charge on any atom is -0.497 e. The third-order valence-corrected chi connectivity index (χ3v) is 4.36. The summed E-state index contributed by atoms with van der Waals surface area (Å²) < 4.78 is 16.4. The van der Waals surface area contributed by atoms with Gasteiger partial charge in [0.2, 0.25) is 0 Å². The summed E-state index contributed by atoms with van der Waals surface area (Å²) in [6.07, 6.45) is -0.683. The highest BCUT2D eigenvalue weighted by molar-refractivity contribution is 6.07. The van der Waals surface area contributed by atoms with Crippen LogP contribution in [0.3, 0.4) is 0 Å². The van der Waals surface area contributed by atoms with Gasteiger partial charge >= 0.3 is 12.1 Å². The number of amides is 1. The Morgan fingerprint density at radius 3 is 2.39 bits per heavy atom. The van der Waals surface area contributed by atoms with E-state index in [1.54, 1.807) is 66.9 Å². The van der Waals surface area contributed by atoms with E-state index in [2.05, 4.69) is 20.5 Å². The fourth-order valence-corrected chi connectivity index (χ4v) is 3.12. The van der Waals surface area contributed by atoms with Crippen LogP contribution in [0.4, 0.5) is 10.5 Å². The maximum absolute atomic E-state index is 13.3. The number of esters is 1. The van der Waals surface area contributed by atoms with E-state index in [0.29, 0.717) is 23.5 Å². The molecule has 10 nitrogen and oxygen atoms in total. The van der Waals surface area contributed by atoms with Crippen molar-refractivity contribution < 1.29 is 23.8 Å². The second-order valence-corrected chi connectivity index (χ2v) is 9.25. The van der Waals surface area contributed by atoms with Crippen molar-refractivity contribution in [2.75, 3.05) is 20.2 Å². The molecule has 10 heteroatoms. The number of carbonyl (C=O) groups excluding carboxylic acids is 2. The lowest BCUT2D eigenvalue weighted by atomic mass is 10.1. The minimum atomic E-state index is -1.83. The first kappa shape index (κ1) is 22.7. The third-order valence-electron chi connectivity index (χ3n) is 4.36. The molecule has 0 aliphatic carbocycles. The topological polar surface area (TPSA) is 114 Å². The molecule has 0 saturated carbocycles. The summed E-state index contributed by atoms with van der Waals surface area (Å²) >= 11 is 0. The number of azo groups is 1. The molecule has 31 heavy (non-hydrogen) atoms. The number of methoxy groups -OCH3 is 1. The number of benzene rings is 1. The molecule has 1 fully saturated rings. The van der Waals surface area contributed by atoms with Crippen molar-refractivity contribution in [2.45, 2.75) is 58.5 Å². The van der Waals surface area contributed by atoms with Gasteiger partial charge in [-0.05, 0) is 53.7 Å². The van der Waals surface area contributed by atoms with Gasteiger partial charge in [-0.3, -0.25) is 10.2 Å². The molecule has 1 unspecified atom stereocenters. The third kappa shape index (κ3) is 4.84. The highest BCUT2D eigenvalue weighted by atomic mass is 16.6. The van der Waals surface area contributed by atoms with Crippen molar-refractivity contribution in [3.63, 3.8) is 0 Å². The first-order valence-electron chi connectivity index (χ1n) is 10.0. The molecule has 2 aliphatic rings. The number of fused-ring (bicyclic) bond motifs is 1. The predicted molar refractivity (Wildman–Crippen MR) is 114 cm³/mol. The van der Waals surface area contributed by atoms with Gasteiger partial charge in [-0.25, -0.2) is 14.6 Å². The maximum atomic E-state index is 13.3. The van der Waals surface area contributed by atoms with Gasteiger partial charge in [0.15, 0.2) is 5.84 Å². The molecule has 1 saturated heterocycles. The van der Waals surface area contributed by atoms with Crippen molar-refractivity contribution in [2.24, 2.45) is 15.2 Å². The van der Waals surface area contributed by atoms with Crippen molar-refractivity contribution >= 4 is 23.6 Å². The van der Waals surface area contributed by atoms with Gasteiger partial charge in [0.25, 0.3) is 5.79 Å². The monoisotopic (exact) mass is 431 g/mol. The molecule has 2 heterocycles. The van der Waals surface area contributed by atoms with E-state index in [9.17, 15) is 9.59 Å². The Kier molecular flexibility index (Phi) is 5.79. The van der Waals surface area contributed by atoms with Gasteiger partial charge < -0.3 is 14.2 Å². The largest absolute Gasteiger partial charge is 0.497 e. The number of rotatable bonds is 3. The smallest absolute Gasteiger partial charge is 0.413 e. The number of ether oxygens (including phenoxy) is 3. The average Bonchev–Trinajstić information content (AvgIpc) is 3.24. The van der Waals surface area contributed by atoms with E-state index in [-0.39, 0.29) is 12.4 Å². The van der Waals surface area contributed by atoms with Crippen molar-refractivity contribution in [1.82, 2.24) is 10.2 Å². The molecule has 0 spiro atoms. The van der Waals surface area contributed by atoms with Gasteiger partial charge in [0.1, 0.15) is 22.6 Å². The average molecular weight is 431 g/mol. The number of amidine groups is 1. The normalized spacial score (nSPS) is 21.9. The zero-order chi connectivity index (χ0) is 23.0. The Bertz CT molecular complexity index is 944. The second-order valence-electron chi connectivity index (χ2n) is 9.25. The molecular weight excluding hydrogens is 402 g/mol. The first-order valence-corrected chi connectivity index (χ1v) is 10.0. The SMILES string of the molecule is COc1ccc2c(c1)N=NC2=NC1(C(=O)OC(C)(C)C)NCCN1C(=O)OC(C)(C)C. The second kappa shape index (κ2) is 7.92. The number of nitrogens with one attached hydrogen (secondary N) is 1. The van der Waals surface area contributed by atoms with Gasteiger partial charge in [0, 0.05) is 24.7 Å². The van der Waals surface area contributed by atoms with Crippen LogP contribution in [-0.4, -0.2) is 60.0 Å². The number of hydrogen-bond acceptors (Lipinski definition) is 8. The molecule has 0 aromatic heterocycles. The Hall–Kier alpha value is -3.01. The van der Waals surface area contributed by atoms with Crippen LogP contribution in [0.2, 0.25) is 0 Å². The van der Waals surface area contributed by atoms with Crippen molar-refractivity contribution in [1.29, 1.82) is 0 Å². The zero-order valence-electron chi connectivity index (χ0n) is 19.0. The van der Waals surface area contributed by atoms with Gasteiger partial charge in [-0.2, -0.15) is 0 Å². The van der Waals surface area contributed by atoms with Gasteiger partial charge in [-0.1, -0.05) is 0 Å². The molecule has 168 valence electrons. The molecular formula is C21H29N5O5. The van der Waals surface area contributed by atoms with Gasteiger partial charge in [-0.15, -0.1) is 10.2 Å². The first-order chi connectivity index (χ1) is 14.3. The van der Waals surface area contributed by atoms with Crippen LogP contribution < -0.4 is 10.1 Å². The summed E-state index contributed by atoms with van der Waals surface area (Å²) in [4.78, 5) is 32.1. The van der Waals surface area contributed by atoms with Crippen LogP contribution in [-0.2, 0) is 14.3 Å². The quantitative estimate of drug-likeness (QED) is 0.734. The number of nitrogens with zero attached hydrogens (tertiary/aromatic N) is 4. The summed E-state index contributed by atoms with van der Waals surface area (Å²) in [6.45, 7) is 11.0. The summed E-state index contributed by atoms with van der Waals surface area (Å²) in [6, 6.07) is 5.22. The van der Waals surface area contributed by atoms with Crippen LogP contribution in [0.1, 0.15) is 47.1 Å². The molecule has 1 atom stereocenters. The summed E-state index contributed by atoms with van der Waals surface area (Å²) in [5, 5.41) is 11.3. The Labute approximate surface area is 181 Å². The van der Waals surface area contributed by atoms with Crippen LogP contribution in [0.5, 0.6) is 5.75 Å². The Morgan fingerprint density at radius 1 is 1.10 bits per heavy atom. The summed E-state index contributed by atoms with van der Waals surface area (Å²) in [5.74, 6) is -1.74. The highest BCUT2D eigenvalue weighted by Gasteiger charge is 2.54.